The van der Waals surface area contributed by atoms with Gasteiger partial charge in [0.25, 0.3) is 0 Å². The molecular formula is C13H19Cl. The Morgan fingerprint density at radius 2 is 1.79 bits per heavy atom. The summed E-state index contributed by atoms with van der Waals surface area (Å²) in [4.78, 5) is 0. The molecule has 0 saturated heterocycles. The van der Waals surface area contributed by atoms with Gasteiger partial charge in [0.15, 0.2) is 0 Å². The Hall–Kier alpha value is -0.490. The molecule has 0 fully saturated rings. The van der Waals surface area contributed by atoms with E-state index in [0.717, 1.165) is 17.9 Å². The van der Waals surface area contributed by atoms with Gasteiger partial charge in [-0.1, -0.05) is 56.5 Å². The molecule has 0 radical (unpaired) electrons. The lowest BCUT2D eigenvalue weighted by molar-refractivity contribution is 0.717. The van der Waals surface area contributed by atoms with E-state index in [1.807, 2.05) is 0 Å². The molecule has 78 valence electrons. The van der Waals surface area contributed by atoms with Gasteiger partial charge in [0.2, 0.25) is 0 Å². The lowest BCUT2D eigenvalue weighted by atomic mass is 10.0. The van der Waals surface area contributed by atoms with Crippen LogP contribution in [-0.4, -0.2) is 0 Å². The predicted molar refractivity (Wildman–Crippen MR) is 64.1 cm³/mol. The van der Waals surface area contributed by atoms with Gasteiger partial charge in [-0.05, 0) is 30.4 Å². The van der Waals surface area contributed by atoms with Gasteiger partial charge in [0.1, 0.15) is 0 Å². The molecule has 1 aromatic rings. The van der Waals surface area contributed by atoms with Gasteiger partial charge >= 0.3 is 0 Å². The second-order valence-corrected chi connectivity index (χ2v) is 4.08. The van der Waals surface area contributed by atoms with E-state index >= 15 is 0 Å². The Morgan fingerprint density at radius 1 is 1.07 bits per heavy atom. The van der Waals surface area contributed by atoms with Crippen molar-refractivity contribution in [2.45, 2.75) is 46.0 Å². The highest BCUT2D eigenvalue weighted by atomic mass is 35.5. The van der Waals surface area contributed by atoms with Crippen LogP contribution in [0.5, 0.6) is 0 Å². The predicted octanol–water partition coefficient (Wildman–Crippen LogP) is 4.64. The van der Waals surface area contributed by atoms with Gasteiger partial charge in [-0.15, -0.1) is 0 Å². The average molecular weight is 211 g/mol. The van der Waals surface area contributed by atoms with Gasteiger partial charge in [-0.2, -0.15) is 0 Å². The molecule has 0 amide bonds. The first-order valence-electron chi connectivity index (χ1n) is 5.55. The van der Waals surface area contributed by atoms with Crippen molar-refractivity contribution in [3.05, 3.63) is 34.3 Å². The number of hydrogen-bond donors (Lipinski definition) is 0. The summed E-state index contributed by atoms with van der Waals surface area (Å²) in [5.74, 6) is 0. The molecule has 0 aliphatic carbocycles. The molecule has 1 heteroatoms. The largest absolute Gasteiger partial charge is 0.0837 e. The number of unbranched alkanes of at least 4 members (excludes halogenated alkanes) is 2. The fourth-order valence-corrected chi connectivity index (χ4v) is 2.02. The van der Waals surface area contributed by atoms with Gasteiger partial charge < -0.3 is 0 Å². The number of hydrogen-bond acceptors (Lipinski definition) is 0. The molecule has 0 spiro atoms. The summed E-state index contributed by atoms with van der Waals surface area (Å²) in [6.45, 7) is 4.38. The molecule has 14 heavy (non-hydrogen) atoms. The number of halogens is 1. The van der Waals surface area contributed by atoms with E-state index in [1.54, 1.807) is 0 Å². The van der Waals surface area contributed by atoms with E-state index in [0.29, 0.717) is 0 Å². The zero-order valence-electron chi connectivity index (χ0n) is 9.15. The van der Waals surface area contributed by atoms with Crippen molar-refractivity contribution in [1.82, 2.24) is 0 Å². The minimum Gasteiger partial charge on any atom is -0.0837 e. The summed E-state index contributed by atoms with van der Waals surface area (Å²) in [5, 5.41) is 0.992. The van der Waals surface area contributed by atoms with Crippen molar-refractivity contribution >= 4 is 11.6 Å². The molecule has 0 atom stereocenters. The maximum absolute atomic E-state index is 6.29. The second kappa shape index (κ2) is 6.08. The lowest BCUT2D eigenvalue weighted by Gasteiger charge is -2.07. The lowest BCUT2D eigenvalue weighted by Crippen LogP contribution is -1.91. The van der Waals surface area contributed by atoms with Crippen molar-refractivity contribution < 1.29 is 0 Å². The molecule has 0 bridgehead atoms. The molecule has 0 nitrogen and oxygen atoms in total. The van der Waals surface area contributed by atoms with Crippen molar-refractivity contribution in [3.63, 3.8) is 0 Å². The molecule has 0 N–H and O–H groups in total. The van der Waals surface area contributed by atoms with Crippen LogP contribution in [0.2, 0.25) is 5.02 Å². The number of aryl methyl sites for hydroxylation is 2. The van der Waals surface area contributed by atoms with Crippen LogP contribution < -0.4 is 0 Å². The smallest absolute Gasteiger partial charge is 0.0469 e. The molecule has 0 aromatic heterocycles. The van der Waals surface area contributed by atoms with E-state index in [1.165, 1.54) is 30.4 Å². The third-order valence-corrected chi connectivity index (χ3v) is 3.07. The minimum absolute atomic E-state index is 0.992. The summed E-state index contributed by atoms with van der Waals surface area (Å²) in [6, 6.07) is 6.38. The molecule has 0 unspecified atom stereocenters. The Kier molecular flexibility index (Phi) is 5.03. The molecule has 0 aliphatic rings. The van der Waals surface area contributed by atoms with E-state index in [-0.39, 0.29) is 0 Å². The third-order valence-electron chi connectivity index (χ3n) is 2.59. The fraction of sp³-hybridized carbons (Fsp3) is 0.538. The zero-order valence-corrected chi connectivity index (χ0v) is 9.90. The van der Waals surface area contributed by atoms with E-state index in [2.05, 4.69) is 32.0 Å². The van der Waals surface area contributed by atoms with Crippen LogP contribution in [0.15, 0.2) is 18.2 Å². The van der Waals surface area contributed by atoms with Crippen molar-refractivity contribution in [2.75, 3.05) is 0 Å². The number of benzene rings is 1. The highest BCUT2D eigenvalue weighted by Crippen LogP contribution is 2.23. The van der Waals surface area contributed by atoms with Crippen molar-refractivity contribution in [1.29, 1.82) is 0 Å². The van der Waals surface area contributed by atoms with Crippen LogP contribution in [0.25, 0.3) is 0 Å². The van der Waals surface area contributed by atoms with Crippen LogP contribution in [-0.2, 0) is 12.8 Å². The Balaban J connectivity index is 2.66. The van der Waals surface area contributed by atoms with Crippen LogP contribution in [0.1, 0.15) is 44.2 Å². The second-order valence-electron chi connectivity index (χ2n) is 3.70. The normalized spacial score (nSPS) is 10.5. The fourth-order valence-electron chi connectivity index (χ4n) is 1.66. The molecule has 0 heterocycles. The minimum atomic E-state index is 0.992. The molecule has 1 aromatic carbocycles. The zero-order chi connectivity index (χ0) is 10.4. The standard InChI is InChI=1S/C13H19Cl/c1-3-5-6-8-12-10-7-9-11(4-2)13(12)14/h7,9-10H,3-6,8H2,1-2H3. The van der Waals surface area contributed by atoms with E-state index < -0.39 is 0 Å². The van der Waals surface area contributed by atoms with E-state index in [9.17, 15) is 0 Å². The first-order chi connectivity index (χ1) is 6.79. The Labute approximate surface area is 92.3 Å². The van der Waals surface area contributed by atoms with Crippen molar-refractivity contribution in [2.24, 2.45) is 0 Å². The highest BCUT2D eigenvalue weighted by Gasteiger charge is 2.03. The van der Waals surface area contributed by atoms with Gasteiger partial charge in [0.05, 0.1) is 0 Å². The van der Waals surface area contributed by atoms with Gasteiger partial charge in [0, 0.05) is 5.02 Å². The molecule has 0 aliphatic heterocycles. The van der Waals surface area contributed by atoms with Crippen LogP contribution in [0, 0.1) is 0 Å². The summed E-state index contributed by atoms with van der Waals surface area (Å²) in [6.07, 6.45) is 5.97. The molecular weight excluding hydrogens is 192 g/mol. The maximum atomic E-state index is 6.29. The summed E-state index contributed by atoms with van der Waals surface area (Å²) in [7, 11) is 0. The number of rotatable bonds is 5. The van der Waals surface area contributed by atoms with Crippen LogP contribution >= 0.6 is 11.6 Å². The quantitative estimate of drug-likeness (QED) is 0.622. The Bertz CT molecular complexity index is 279. The summed E-state index contributed by atoms with van der Waals surface area (Å²) >= 11 is 6.29. The van der Waals surface area contributed by atoms with Gasteiger partial charge in [-0.25, -0.2) is 0 Å². The SMILES string of the molecule is CCCCCc1cccc(CC)c1Cl. The third kappa shape index (κ3) is 3.02. The van der Waals surface area contributed by atoms with Gasteiger partial charge in [-0.3, -0.25) is 0 Å². The first-order valence-corrected chi connectivity index (χ1v) is 5.93. The maximum Gasteiger partial charge on any atom is 0.0469 e. The topological polar surface area (TPSA) is 0 Å². The monoisotopic (exact) mass is 210 g/mol. The molecule has 1 rings (SSSR count). The summed E-state index contributed by atoms with van der Waals surface area (Å²) < 4.78 is 0. The molecule has 0 saturated carbocycles. The Morgan fingerprint density at radius 3 is 2.43 bits per heavy atom. The van der Waals surface area contributed by atoms with Crippen molar-refractivity contribution in [3.8, 4) is 0 Å². The van der Waals surface area contributed by atoms with Crippen LogP contribution in [0.4, 0.5) is 0 Å². The van der Waals surface area contributed by atoms with Crippen LogP contribution in [0.3, 0.4) is 0 Å². The van der Waals surface area contributed by atoms with E-state index in [4.69, 9.17) is 11.6 Å². The average Bonchev–Trinajstić information content (AvgIpc) is 2.21. The first kappa shape index (κ1) is 11.6. The summed E-state index contributed by atoms with van der Waals surface area (Å²) in [5.41, 5.74) is 2.60. The highest BCUT2D eigenvalue weighted by molar-refractivity contribution is 6.32.